The van der Waals surface area contributed by atoms with Gasteiger partial charge in [-0.05, 0) is 75.2 Å². The molecule has 0 aromatic heterocycles. The van der Waals surface area contributed by atoms with Crippen molar-refractivity contribution in [3.63, 3.8) is 0 Å². The summed E-state index contributed by atoms with van der Waals surface area (Å²) in [6.45, 7) is 8.65. The fourth-order valence-electron chi connectivity index (χ4n) is 2.73. The van der Waals surface area contributed by atoms with Crippen molar-refractivity contribution in [3.8, 4) is 5.75 Å². The highest BCUT2D eigenvalue weighted by Gasteiger charge is 2.20. The average Bonchev–Trinajstić information content (AvgIpc) is 2.46. The molecular formula is C19H24N2O4S. The predicted octanol–water partition coefficient (Wildman–Crippen LogP) is 3.85. The van der Waals surface area contributed by atoms with Gasteiger partial charge in [-0.25, -0.2) is 8.42 Å². The first-order valence-corrected chi connectivity index (χ1v) is 9.75. The summed E-state index contributed by atoms with van der Waals surface area (Å²) in [5.74, 6) is 0.469. The molecule has 0 atom stereocenters. The Labute approximate surface area is 154 Å². The number of rotatable bonds is 6. The molecule has 7 heteroatoms. The van der Waals surface area contributed by atoms with Crippen LogP contribution >= 0.6 is 0 Å². The minimum atomic E-state index is -3.76. The van der Waals surface area contributed by atoms with Crippen LogP contribution < -0.4 is 14.8 Å². The molecule has 0 aliphatic heterocycles. The molecule has 0 unspecified atom stereocenters. The SMILES string of the molecule is CC(=O)Nc1cc(C)c(S(=O)(=O)Nc2ccc(OC(C)C)cc2)c(C)c1. The molecule has 0 spiro atoms. The van der Waals surface area contributed by atoms with E-state index in [1.54, 1.807) is 50.2 Å². The quantitative estimate of drug-likeness (QED) is 0.802. The zero-order valence-electron chi connectivity index (χ0n) is 15.6. The lowest BCUT2D eigenvalue weighted by Gasteiger charge is -2.15. The molecular weight excluding hydrogens is 352 g/mol. The molecule has 140 valence electrons. The number of sulfonamides is 1. The van der Waals surface area contributed by atoms with Crippen LogP contribution in [0.15, 0.2) is 41.3 Å². The summed E-state index contributed by atoms with van der Waals surface area (Å²) in [4.78, 5) is 11.4. The second-order valence-electron chi connectivity index (χ2n) is 6.42. The van der Waals surface area contributed by atoms with E-state index in [1.165, 1.54) is 6.92 Å². The van der Waals surface area contributed by atoms with Crippen LogP contribution in [0.2, 0.25) is 0 Å². The van der Waals surface area contributed by atoms with Gasteiger partial charge in [-0.15, -0.1) is 0 Å². The van der Waals surface area contributed by atoms with E-state index in [2.05, 4.69) is 10.0 Å². The normalized spacial score (nSPS) is 11.3. The molecule has 0 bridgehead atoms. The Balaban J connectivity index is 2.28. The number of nitrogens with one attached hydrogen (secondary N) is 2. The summed E-state index contributed by atoms with van der Waals surface area (Å²) < 4.78 is 33.8. The fraction of sp³-hybridized carbons (Fsp3) is 0.316. The van der Waals surface area contributed by atoms with Crippen molar-refractivity contribution in [2.24, 2.45) is 0 Å². The second kappa shape index (κ2) is 7.78. The maximum atomic E-state index is 12.8. The van der Waals surface area contributed by atoms with Gasteiger partial charge in [0, 0.05) is 18.3 Å². The lowest BCUT2D eigenvalue weighted by atomic mass is 10.1. The van der Waals surface area contributed by atoms with Gasteiger partial charge in [-0.2, -0.15) is 0 Å². The molecule has 0 radical (unpaired) electrons. The third-order valence-electron chi connectivity index (χ3n) is 3.53. The Morgan fingerprint density at radius 2 is 1.54 bits per heavy atom. The molecule has 0 fully saturated rings. The van der Waals surface area contributed by atoms with Gasteiger partial charge >= 0.3 is 0 Å². The number of hydrogen-bond donors (Lipinski definition) is 2. The van der Waals surface area contributed by atoms with Crippen molar-refractivity contribution in [3.05, 3.63) is 47.5 Å². The number of anilines is 2. The molecule has 26 heavy (non-hydrogen) atoms. The molecule has 0 saturated heterocycles. The van der Waals surface area contributed by atoms with Gasteiger partial charge in [0.1, 0.15) is 5.75 Å². The predicted molar refractivity (Wildman–Crippen MR) is 103 cm³/mol. The van der Waals surface area contributed by atoms with E-state index in [1.807, 2.05) is 13.8 Å². The van der Waals surface area contributed by atoms with Gasteiger partial charge in [0.05, 0.1) is 11.0 Å². The number of aryl methyl sites for hydroxylation is 2. The second-order valence-corrected chi connectivity index (χ2v) is 8.04. The van der Waals surface area contributed by atoms with Gasteiger partial charge in [-0.3, -0.25) is 9.52 Å². The molecule has 0 heterocycles. The number of benzene rings is 2. The highest BCUT2D eigenvalue weighted by atomic mass is 32.2. The number of amides is 1. The van der Waals surface area contributed by atoms with E-state index in [0.717, 1.165) is 0 Å². The Bertz CT molecular complexity index is 881. The maximum absolute atomic E-state index is 12.8. The summed E-state index contributed by atoms with van der Waals surface area (Å²) in [7, 11) is -3.76. The Morgan fingerprint density at radius 3 is 2.00 bits per heavy atom. The van der Waals surface area contributed by atoms with Gasteiger partial charge in [0.2, 0.25) is 5.91 Å². The molecule has 2 rings (SSSR count). The van der Waals surface area contributed by atoms with Crippen molar-refractivity contribution >= 4 is 27.3 Å². The Morgan fingerprint density at radius 1 is 1.00 bits per heavy atom. The van der Waals surface area contributed by atoms with Crippen LogP contribution in [0.3, 0.4) is 0 Å². The molecule has 0 saturated carbocycles. The first kappa shape index (κ1) is 19.8. The number of ether oxygens (including phenoxy) is 1. The maximum Gasteiger partial charge on any atom is 0.262 e. The van der Waals surface area contributed by atoms with Crippen LogP contribution in [0.25, 0.3) is 0 Å². The minimum Gasteiger partial charge on any atom is -0.491 e. The number of carbonyl (C=O) groups is 1. The van der Waals surface area contributed by atoms with E-state index in [9.17, 15) is 13.2 Å². The first-order chi connectivity index (χ1) is 12.1. The topological polar surface area (TPSA) is 84.5 Å². The van der Waals surface area contributed by atoms with Gasteiger partial charge in [0.25, 0.3) is 10.0 Å². The van der Waals surface area contributed by atoms with Crippen molar-refractivity contribution in [2.75, 3.05) is 10.0 Å². The third-order valence-corrected chi connectivity index (χ3v) is 5.21. The van der Waals surface area contributed by atoms with E-state index in [0.29, 0.717) is 28.3 Å². The lowest BCUT2D eigenvalue weighted by molar-refractivity contribution is -0.114. The van der Waals surface area contributed by atoms with Crippen LogP contribution in [0.1, 0.15) is 31.9 Å². The van der Waals surface area contributed by atoms with Crippen LogP contribution in [0, 0.1) is 13.8 Å². The smallest absolute Gasteiger partial charge is 0.262 e. The molecule has 0 aliphatic rings. The number of carbonyl (C=O) groups excluding carboxylic acids is 1. The molecule has 0 aliphatic carbocycles. The standard InChI is InChI=1S/C19H24N2O4S/c1-12(2)25-18-8-6-16(7-9-18)21-26(23,24)19-13(3)10-17(11-14(19)4)20-15(5)22/h6-12,21H,1-5H3,(H,20,22). The summed E-state index contributed by atoms with van der Waals surface area (Å²) in [5, 5.41) is 2.67. The zero-order valence-corrected chi connectivity index (χ0v) is 16.4. The first-order valence-electron chi connectivity index (χ1n) is 8.27. The monoisotopic (exact) mass is 376 g/mol. The van der Waals surface area contributed by atoms with E-state index >= 15 is 0 Å². The third kappa shape index (κ3) is 4.98. The van der Waals surface area contributed by atoms with E-state index in [-0.39, 0.29) is 16.9 Å². The molecule has 1 amide bonds. The molecule has 6 nitrogen and oxygen atoms in total. The van der Waals surface area contributed by atoms with E-state index < -0.39 is 10.0 Å². The molecule has 2 N–H and O–H groups in total. The Hall–Kier alpha value is -2.54. The van der Waals surface area contributed by atoms with Gasteiger partial charge < -0.3 is 10.1 Å². The molecule has 2 aromatic carbocycles. The van der Waals surface area contributed by atoms with Crippen molar-refractivity contribution in [1.82, 2.24) is 0 Å². The number of hydrogen-bond acceptors (Lipinski definition) is 4. The van der Waals surface area contributed by atoms with Crippen molar-refractivity contribution in [2.45, 2.75) is 45.6 Å². The van der Waals surface area contributed by atoms with Crippen molar-refractivity contribution in [1.29, 1.82) is 0 Å². The Kier molecular flexibility index (Phi) is 5.92. The highest BCUT2D eigenvalue weighted by Crippen LogP contribution is 2.27. The van der Waals surface area contributed by atoms with Crippen LogP contribution in [0.4, 0.5) is 11.4 Å². The van der Waals surface area contributed by atoms with E-state index in [4.69, 9.17) is 4.74 Å². The van der Waals surface area contributed by atoms with Crippen LogP contribution in [-0.4, -0.2) is 20.4 Å². The van der Waals surface area contributed by atoms with Crippen LogP contribution in [-0.2, 0) is 14.8 Å². The van der Waals surface area contributed by atoms with Crippen LogP contribution in [0.5, 0.6) is 5.75 Å². The summed E-state index contributed by atoms with van der Waals surface area (Å²) in [5.41, 5.74) is 2.13. The summed E-state index contributed by atoms with van der Waals surface area (Å²) >= 11 is 0. The largest absolute Gasteiger partial charge is 0.491 e. The van der Waals surface area contributed by atoms with Gasteiger partial charge in [-0.1, -0.05) is 0 Å². The fourth-order valence-corrected chi connectivity index (χ4v) is 4.24. The van der Waals surface area contributed by atoms with Crippen molar-refractivity contribution < 1.29 is 17.9 Å². The minimum absolute atomic E-state index is 0.0463. The van der Waals surface area contributed by atoms with Gasteiger partial charge in [0.15, 0.2) is 0 Å². The summed E-state index contributed by atoms with van der Waals surface area (Å²) in [6, 6.07) is 10.0. The average molecular weight is 376 g/mol. The lowest BCUT2D eigenvalue weighted by Crippen LogP contribution is -2.16. The zero-order chi connectivity index (χ0) is 19.5. The summed E-state index contributed by atoms with van der Waals surface area (Å²) in [6.07, 6.45) is 0.0463. The molecule has 2 aromatic rings. The highest BCUT2D eigenvalue weighted by molar-refractivity contribution is 7.92.